The molecule has 1 unspecified atom stereocenters. The van der Waals surface area contributed by atoms with Crippen LogP contribution < -0.4 is 5.32 Å². The van der Waals surface area contributed by atoms with Crippen LogP contribution in [0.5, 0.6) is 0 Å². The fourth-order valence-electron chi connectivity index (χ4n) is 2.90. The summed E-state index contributed by atoms with van der Waals surface area (Å²) in [7, 11) is 0. The SMILES string of the molecule is CCCCOCCOCC(NCCC)C1CCCCC1. The van der Waals surface area contributed by atoms with Crippen LogP contribution in [-0.2, 0) is 9.47 Å². The molecule has 0 aromatic carbocycles. The van der Waals surface area contributed by atoms with Gasteiger partial charge in [-0.25, -0.2) is 0 Å². The molecule has 20 heavy (non-hydrogen) atoms. The molecule has 0 saturated heterocycles. The molecule has 1 rings (SSSR count). The average molecular weight is 285 g/mol. The standard InChI is InChI=1S/C17H35NO2/c1-3-5-12-19-13-14-20-15-17(18-11-4-2)16-9-7-6-8-10-16/h16-18H,3-15H2,1-2H3. The van der Waals surface area contributed by atoms with E-state index in [0.29, 0.717) is 6.04 Å². The molecule has 0 heterocycles. The molecular weight excluding hydrogens is 250 g/mol. The molecule has 0 spiro atoms. The summed E-state index contributed by atoms with van der Waals surface area (Å²) in [4.78, 5) is 0. The highest BCUT2D eigenvalue weighted by Gasteiger charge is 2.23. The Labute approximate surface area is 125 Å². The first-order valence-electron chi connectivity index (χ1n) is 8.77. The lowest BCUT2D eigenvalue weighted by atomic mass is 9.84. The molecule has 1 N–H and O–H groups in total. The second kappa shape index (κ2) is 12.6. The predicted molar refractivity (Wildman–Crippen MR) is 85.2 cm³/mol. The molecular formula is C17H35NO2. The minimum Gasteiger partial charge on any atom is -0.379 e. The number of hydrogen-bond donors (Lipinski definition) is 1. The Hall–Kier alpha value is -0.120. The highest BCUT2D eigenvalue weighted by molar-refractivity contribution is 4.79. The third kappa shape index (κ3) is 8.23. The maximum Gasteiger partial charge on any atom is 0.0701 e. The molecule has 1 aliphatic rings. The van der Waals surface area contributed by atoms with Crippen LogP contribution in [0.1, 0.15) is 65.2 Å². The molecule has 0 aromatic rings. The molecule has 1 fully saturated rings. The third-order valence-electron chi connectivity index (χ3n) is 4.19. The van der Waals surface area contributed by atoms with E-state index in [1.54, 1.807) is 0 Å². The highest BCUT2D eigenvalue weighted by Crippen LogP contribution is 2.26. The van der Waals surface area contributed by atoms with E-state index in [2.05, 4.69) is 19.2 Å². The van der Waals surface area contributed by atoms with Crippen LogP contribution in [0.15, 0.2) is 0 Å². The highest BCUT2D eigenvalue weighted by atomic mass is 16.5. The van der Waals surface area contributed by atoms with Gasteiger partial charge in [0, 0.05) is 12.6 Å². The van der Waals surface area contributed by atoms with Crippen LogP contribution in [0.25, 0.3) is 0 Å². The molecule has 1 atom stereocenters. The predicted octanol–water partition coefficient (Wildman–Crippen LogP) is 3.77. The topological polar surface area (TPSA) is 30.5 Å². The lowest BCUT2D eigenvalue weighted by Crippen LogP contribution is -2.41. The van der Waals surface area contributed by atoms with E-state index in [9.17, 15) is 0 Å². The lowest BCUT2D eigenvalue weighted by Gasteiger charge is -2.31. The number of hydrogen-bond acceptors (Lipinski definition) is 3. The van der Waals surface area contributed by atoms with E-state index in [4.69, 9.17) is 9.47 Å². The Balaban J connectivity index is 2.12. The molecule has 0 aliphatic heterocycles. The minimum absolute atomic E-state index is 0.547. The van der Waals surface area contributed by atoms with Crippen LogP contribution in [-0.4, -0.2) is 39.0 Å². The molecule has 0 aromatic heterocycles. The van der Waals surface area contributed by atoms with Gasteiger partial charge in [-0.1, -0.05) is 39.5 Å². The van der Waals surface area contributed by atoms with E-state index < -0.39 is 0 Å². The maximum absolute atomic E-state index is 5.84. The molecule has 3 heteroatoms. The van der Waals surface area contributed by atoms with E-state index >= 15 is 0 Å². The van der Waals surface area contributed by atoms with Crippen molar-refractivity contribution in [3.8, 4) is 0 Å². The van der Waals surface area contributed by atoms with Crippen LogP contribution in [0.2, 0.25) is 0 Å². The van der Waals surface area contributed by atoms with Gasteiger partial charge in [0.25, 0.3) is 0 Å². The monoisotopic (exact) mass is 285 g/mol. The van der Waals surface area contributed by atoms with Crippen molar-refractivity contribution in [2.45, 2.75) is 71.3 Å². The Morgan fingerprint density at radius 3 is 2.40 bits per heavy atom. The van der Waals surface area contributed by atoms with Crippen LogP contribution >= 0.6 is 0 Å². The van der Waals surface area contributed by atoms with Crippen molar-refractivity contribution in [2.75, 3.05) is 33.0 Å². The van der Waals surface area contributed by atoms with Crippen molar-refractivity contribution < 1.29 is 9.47 Å². The van der Waals surface area contributed by atoms with Gasteiger partial charge in [-0.2, -0.15) is 0 Å². The van der Waals surface area contributed by atoms with Crippen molar-refractivity contribution >= 4 is 0 Å². The summed E-state index contributed by atoms with van der Waals surface area (Å²) in [6.45, 7) is 8.73. The van der Waals surface area contributed by atoms with Crippen LogP contribution in [0, 0.1) is 5.92 Å². The molecule has 0 radical (unpaired) electrons. The van der Waals surface area contributed by atoms with Gasteiger partial charge in [0.15, 0.2) is 0 Å². The smallest absolute Gasteiger partial charge is 0.0701 e. The van der Waals surface area contributed by atoms with Gasteiger partial charge >= 0.3 is 0 Å². The fourth-order valence-corrected chi connectivity index (χ4v) is 2.90. The van der Waals surface area contributed by atoms with E-state index in [1.165, 1.54) is 44.9 Å². The zero-order valence-corrected chi connectivity index (χ0v) is 13.7. The van der Waals surface area contributed by atoms with Gasteiger partial charge in [0.2, 0.25) is 0 Å². The number of ether oxygens (including phenoxy) is 2. The van der Waals surface area contributed by atoms with Gasteiger partial charge < -0.3 is 14.8 Å². The summed E-state index contributed by atoms with van der Waals surface area (Å²) in [5.41, 5.74) is 0. The fraction of sp³-hybridized carbons (Fsp3) is 1.00. The molecule has 3 nitrogen and oxygen atoms in total. The molecule has 0 amide bonds. The molecule has 120 valence electrons. The van der Waals surface area contributed by atoms with Gasteiger partial charge in [-0.15, -0.1) is 0 Å². The summed E-state index contributed by atoms with van der Waals surface area (Å²) < 4.78 is 11.4. The largest absolute Gasteiger partial charge is 0.379 e. The Kier molecular flexibility index (Phi) is 11.3. The van der Waals surface area contributed by atoms with Crippen LogP contribution in [0.3, 0.4) is 0 Å². The number of rotatable bonds is 12. The number of unbranched alkanes of at least 4 members (excludes halogenated alkanes) is 1. The summed E-state index contributed by atoms with van der Waals surface area (Å²) in [6, 6.07) is 0.547. The normalized spacial score (nSPS) is 18.3. The summed E-state index contributed by atoms with van der Waals surface area (Å²) in [6.07, 6.45) is 10.5. The average Bonchev–Trinajstić information content (AvgIpc) is 2.50. The summed E-state index contributed by atoms with van der Waals surface area (Å²) in [5.74, 6) is 0.816. The van der Waals surface area contributed by atoms with Gasteiger partial charge in [0.1, 0.15) is 0 Å². The van der Waals surface area contributed by atoms with Crippen molar-refractivity contribution in [1.82, 2.24) is 5.32 Å². The van der Waals surface area contributed by atoms with Crippen molar-refractivity contribution in [3.63, 3.8) is 0 Å². The second-order valence-electron chi connectivity index (χ2n) is 6.00. The van der Waals surface area contributed by atoms with Crippen molar-refractivity contribution in [3.05, 3.63) is 0 Å². The molecule has 1 aliphatic carbocycles. The zero-order valence-electron chi connectivity index (χ0n) is 13.7. The van der Waals surface area contributed by atoms with Gasteiger partial charge in [0.05, 0.1) is 19.8 Å². The number of nitrogens with one attached hydrogen (secondary N) is 1. The minimum atomic E-state index is 0.547. The van der Waals surface area contributed by atoms with E-state index in [0.717, 1.165) is 45.3 Å². The lowest BCUT2D eigenvalue weighted by molar-refractivity contribution is 0.0284. The second-order valence-corrected chi connectivity index (χ2v) is 6.00. The Bertz CT molecular complexity index is 205. The first-order valence-corrected chi connectivity index (χ1v) is 8.77. The molecule has 1 saturated carbocycles. The zero-order chi connectivity index (χ0) is 14.5. The first-order chi connectivity index (χ1) is 9.88. The first kappa shape index (κ1) is 17.9. The van der Waals surface area contributed by atoms with Crippen molar-refractivity contribution in [1.29, 1.82) is 0 Å². The summed E-state index contributed by atoms with van der Waals surface area (Å²) >= 11 is 0. The van der Waals surface area contributed by atoms with Crippen molar-refractivity contribution in [2.24, 2.45) is 5.92 Å². The van der Waals surface area contributed by atoms with E-state index in [1.807, 2.05) is 0 Å². The maximum atomic E-state index is 5.84. The van der Waals surface area contributed by atoms with Gasteiger partial charge in [-0.3, -0.25) is 0 Å². The molecule has 0 bridgehead atoms. The Morgan fingerprint density at radius 1 is 0.950 bits per heavy atom. The summed E-state index contributed by atoms with van der Waals surface area (Å²) in [5, 5.41) is 3.68. The van der Waals surface area contributed by atoms with Gasteiger partial charge in [-0.05, 0) is 38.1 Å². The Morgan fingerprint density at radius 2 is 1.70 bits per heavy atom. The third-order valence-corrected chi connectivity index (χ3v) is 4.19. The van der Waals surface area contributed by atoms with E-state index in [-0.39, 0.29) is 0 Å². The van der Waals surface area contributed by atoms with Crippen LogP contribution in [0.4, 0.5) is 0 Å². The quantitative estimate of drug-likeness (QED) is 0.554.